The van der Waals surface area contributed by atoms with Crippen molar-refractivity contribution in [1.82, 2.24) is 20.0 Å². The topological polar surface area (TPSA) is 85.8 Å². The number of anilines is 1. The second-order valence-corrected chi connectivity index (χ2v) is 11.0. The smallest absolute Gasteiger partial charge is 0.277 e. The van der Waals surface area contributed by atoms with Crippen molar-refractivity contribution in [2.75, 3.05) is 5.32 Å². The summed E-state index contributed by atoms with van der Waals surface area (Å²) >= 11 is 1.34. The van der Waals surface area contributed by atoms with E-state index in [0.29, 0.717) is 5.22 Å². The maximum atomic E-state index is 12.7. The molecule has 0 aromatic carbocycles. The van der Waals surface area contributed by atoms with Crippen LogP contribution in [0.4, 0.5) is 5.82 Å². The van der Waals surface area contributed by atoms with Crippen LogP contribution < -0.4 is 5.32 Å². The first-order valence-corrected chi connectivity index (χ1v) is 12.2. The highest BCUT2D eigenvalue weighted by Gasteiger charge is 2.54. The van der Waals surface area contributed by atoms with Gasteiger partial charge >= 0.3 is 0 Å². The number of carbonyl (C=O) groups is 1. The molecule has 4 aliphatic carbocycles. The van der Waals surface area contributed by atoms with Crippen molar-refractivity contribution in [3.8, 4) is 0 Å². The molecule has 2 atom stereocenters. The normalized spacial score (nSPS) is 31.6. The minimum atomic E-state index is -0.338. The van der Waals surface area contributed by atoms with Crippen LogP contribution in [0.25, 0.3) is 0 Å². The van der Waals surface area contributed by atoms with E-state index in [1.807, 2.05) is 17.7 Å². The fourth-order valence-corrected chi connectivity index (χ4v) is 6.90. The second-order valence-electron chi connectivity index (χ2n) is 9.74. The fraction of sp³-hybridized carbons (Fsp3) is 0.727. The van der Waals surface area contributed by atoms with Crippen LogP contribution in [0.3, 0.4) is 0 Å². The van der Waals surface area contributed by atoms with Gasteiger partial charge in [-0.05, 0) is 76.5 Å². The van der Waals surface area contributed by atoms with Crippen LogP contribution >= 0.6 is 11.8 Å². The van der Waals surface area contributed by atoms with Gasteiger partial charge in [0.05, 0.1) is 17.5 Å². The molecule has 0 spiro atoms. The van der Waals surface area contributed by atoms with E-state index in [1.54, 1.807) is 6.20 Å². The number of hydrogen-bond acceptors (Lipinski definition) is 6. The zero-order valence-corrected chi connectivity index (χ0v) is 18.8. The van der Waals surface area contributed by atoms with E-state index in [9.17, 15) is 4.79 Å². The molecule has 0 aliphatic heterocycles. The standard InChI is InChI=1S/C22H31N5O2S/c1-4-13(2)27-18(5-6-23-27)24-19(28)14(3)30-21-26-25-20(29-21)22-10-15-7-16(11-22)9-17(8-15)12-22/h5-6,13-17H,4,7-12H2,1-3H3,(H,24,28)/t13-,14+,15?,16?,17?,22?/m0/s1. The van der Waals surface area contributed by atoms with Gasteiger partial charge < -0.3 is 9.73 Å². The third-order valence-electron chi connectivity index (χ3n) is 7.48. The molecule has 0 saturated heterocycles. The molecular weight excluding hydrogens is 398 g/mol. The first kappa shape index (κ1) is 20.1. The fourth-order valence-electron chi connectivity index (χ4n) is 6.21. The lowest BCUT2D eigenvalue weighted by Gasteiger charge is -2.55. The Kier molecular flexibility index (Phi) is 5.16. The van der Waals surface area contributed by atoms with E-state index in [1.165, 1.54) is 50.3 Å². The summed E-state index contributed by atoms with van der Waals surface area (Å²) in [5.74, 6) is 3.95. The first-order valence-electron chi connectivity index (χ1n) is 11.3. The lowest BCUT2D eigenvalue weighted by molar-refractivity contribution is -0.115. The largest absolute Gasteiger partial charge is 0.415 e. The van der Waals surface area contributed by atoms with Crippen molar-refractivity contribution < 1.29 is 9.21 Å². The number of nitrogens with zero attached hydrogens (tertiary/aromatic N) is 4. The van der Waals surface area contributed by atoms with E-state index in [2.05, 4.69) is 34.5 Å². The molecule has 7 nitrogen and oxygen atoms in total. The molecule has 2 aromatic rings. The molecule has 1 N–H and O–H groups in total. The average Bonchev–Trinajstić information content (AvgIpc) is 3.36. The van der Waals surface area contributed by atoms with Gasteiger partial charge in [0.15, 0.2) is 0 Å². The van der Waals surface area contributed by atoms with Crippen molar-refractivity contribution in [3.63, 3.8) is 0 Å². The highest BCUT2D eigenvalue weighted by Crippen LogP contribution is 2.60. The Hall–Kier alpha value is -1.83. The Balaban J connectivity index is 1.24. The Morgan fingerprint density at radius 3 is 2.53 bits per heavy atom. The lowest BCUT2D eigenvalue weighted by Crippen LogP contribution is -2.48. The van der Waals surface area contributed by atoms with E-state index in [4.69, 9.17) is 4.42 Å². The van der Waals surface area contributed by atoms with Crippen LogP contribution in [0.1, 0.15) is 77.6 Å². The van der Waals surface area contributed by atoms with Crippen LogP contribution in [-0.4, -0.2) is 31.1 Å². The average molecular weight is 430 g/mol. The monoisotopic (exact) mass is 429 g/mol. The van der Waals surface area contributed by atoms with Crippen molar-refractivity contribution in [2.24, 2.45) is 17.8 Å². The van der Waals surface area contributed by atoms with Gasteiger partial charge in [0.1, 0.15) is 5.82 Å². The molecule has 6 rings (SSSR count). The van der Waals surface area contributed by atoms with Gasteiger partial charge in [-0.3, -0.25) is 4.79 Å². The van der Waals surface area contributed by atoms with Crippen LogP contribution in [0.5, 0.6) is 0 Å². The minimum absolute atomic E-state index is 0.0837. The molecule has 2 heterocycles. The summed E-state index contributed by atoms with van der Waals surface area (Å²) in [5, 5.41) is 16.2. The maximum absolute atomic E-state index is 12.7. The summed E-state index contributed by atoms with van der Waals surface area (Å²) in [6, 6.07) is 2.07. The summed E-state index contributed by atoms with van der Waals surface area (Å²) in [5.41, 5.74) is 0.0921. The van der Waals surface area contributed by atoms with Crippen molar-refractivity contribution in [1.29, 1.82) is 0 Å². The van der Waals surface area contributed by atoms with Gasteiger partial charge in [-0.1, -0.05) is 18.7 Å². The van der Waals surface area contributed by atoms with Crippen LogP contribution in [0, 0.1) is 17.8 Å². The summed E-state index contributed by atoms with van der Waals surface area (Å²) < 4.78 is 8.00. The van der Waals surface area contributed by atoms with E-state index >= 15 is 0 Å². The van der Waals surface area contributed by atoms with Crippen molar-refractivity contribution in [3.05, 3.63) is 18.2 Å². The van der Waals surface area contributed by atoms with Gasteiger partial charge in [0.2, 0.25) is 11.8 Å². The minimum Gasteiger partial charge on any atom is -0.415 e. The Morgan fingerprint density at radius 2 is 1.90 bits per heavy atom. The third-order valence-corrected chi connectivity index (χ3v) is 8.41. The molecule has 1 amide bonds. The van der Waals surface area contributed by atoms with Gasteiger partial charge in [-0.2, -0.15) is 5.10 Å². The summed E-state index contributed by atoms with van der Waals surface area (Å²) in [6.07, 6.45) is 10.4. The highest BCUT2D eigenvalue weighted by atomic mass is 32.2. The number of aromatic nitrogens is 4. The molecule has 4 aliphatic rings. The Morgan fingerprint density at radius 1 is 1.23 bits per heavy atom. The number of rotatable bonds is 7. The van der Waals surface area contributed by atoms with E-state index in [0.717, 1.165) is 35.9 Å². The summed E-state index contributed by atoms with van der Waals surface area (Å²) in [6.45, 7) is 6.07. The SMILES string of the molecule is CC[C@H](C)n1nccc1NC(=O)[C@@H](C)Sc1nnc(C23CC4CC(CC(C4)C2)C3)o1. The Bertz CT molecular complexity index is 887. The zero-order valence-electron chi connectivity index (χ0n) is 18.0. The third kappa shape index (κ3) is 3.57. The summed E-state index contributed by atoms with van der Waals surface area (Å²) in [4.78, 5) is 12.7. The molecule has 4 fully saturated rings. The quantitative estimate of drug-likeness (QED) is 0.635. The number of thioether (sulfide) groups is 1. The first-order chi connectivity index (χ1) is 14.5. The molecule has 30 heavy (non-hydrogen) atoms. The van der Waals surface area contributed by atoms with E-state index < -0.39 is 0 Å². The number of amides is 1. The highest BCUT2D eigenvalue weighted by molar-refractivity contribution is 8.00. The van der Waals surface area contributed by atoms with Gasteiger partial charge in [-0.25, -0.2) is 4.68 Å². The molecular formula is C22H31N5O2S. The lowest BCUT2D eigenvalue weighted by atomic mass is 9.49. The Labute approximate surface area is 181 Å². The maximum Gasteiger partial charge on any atom is 0.277 e. The van der Waals surface area contributed by atoms with Crippen LogP contribution in [0.15, 0.2) is 21.9 Å². The second kappa shape index (κ2) is 7.70. The molecule has 8 heteroatoms. The van der Waals surface area contributed by atoms with Crippen molar-refractivity contribution >= 4 is 23.5 Å². The number of hydrogen-bond donors (Lipinski definition) is 1. The number of nitrogens with one attached hydrogen (secondary N) is 1. The van der Waals surface area contributed by atoms with Crippen LogP contribution in [-0.2, 0) is 10.2 Å². The van der Waals surface area contributed by atoms with Crippen molar-refractivity contribution in [2.45, 2.75) is 87.6 Å². The molecule has 2 aromatic heterocycles. The van der Waals surface area contributed by atoms with Crippen LogP contribution in [0.2, 0.25) is 0 Å². The van der Waals surface area contributed by atoms with Gasteiger partial charge in [0, 0.05) is 11.5 Å². The predicted octanol–water partition coefficient (Wildman–Crippen LogP) is 4.82. The predicted molar refractivity (Wildman–Crippen MR) is 115 cm³/mol. The summed E-state index contributed by atoms with van der Waals surface area (Å²) in [7, 11) is 0. The molecule has 4 bridgehead atoms. The van der Waals surface area contributed by atoms with E-state index in [-0.39, 0.29) is 22.6 Å². The molecule has 4 saturated carbocycles. The zero-order chi connectivity index (χ0) is 20.9. The molecule has 0 unspecified atom stereocenters. The molecule has 0 radical (unpaired) electrons. The molecule has 162 valence electrons. The van der Waals surface area contributed by atoms with Gasteiger partial charge in [0.25, 0.3) is 5.22 Å². The van der Waals surface area contributed by atoms with Gasteiger partial charge in [-0.15, -0.1) is 10.2 Å². The number of carbonyl (C=O) groups excluding carboxylic acids is 1.